The van der Waals surface area contributed by atoms with Crippen LogP contribution in [0.3, 0.4) is 0 Å². The van der Waals surface area contributed by atoms with Gasteiger partial charge in [0.05, 0.1) is 0 Å². The van der Waals surface area contributed by atoms with Gasteiger partial charge in [0, 0.05) is 11.8 Å². The van der Waals surface area contributed by atoms with Crippen LogP contribution in [0, 0.1) is 10.1 Å². The molecule has 2 atom stereocenters. The summed E-state index contributed by atoms with van der Waals surface area (Å²) in [6.45, 7) is 3.56. The number of hydrogen-bond acceptors (Lipinski definition) is 3. The van der Waals surface area contributed by atoms with E-state index in [0.717, 1.165) is 25.7 Å². The first-order valence-corrected chi connectivity index (χ1v) is 4.91. The van der Waals surface area contributed by atoms with Gasteiger partial charge in [0.2, 0.25) is 6.04 Å². The van der Waals surface area contributed by atoms with Crippen molar-refractivity contribution in [2.45, 2.75) is 58.1 Å². The Hall–Kier alpha value is -0.640. The highest BCUT2D eigenvalue weighted by atomic mass is 16.6. The van der Waals surface area contributed by atoms with Crippen molar-refractivity contribution in [3.63, 3.8) is 0 Å². The van der Waals surface area contributed by atoms with Crippen molar-refractivity contribution >= 4 is 0 Å². The van der Waals surface area contributed by atoms with Crippen molar-refractivity contribution < 1.29 is 10.0 Å². The van der Waals surface area contributed by atoms with Gasteiger partial charge in [0.15, 0.2) is 0 Å². The molecule has 0 rings (SSSR count). The molecule has 4 heteroatoms. The number of rotatable bonds is 7. The van der Waals surface area contributed by atoms with E-state index < -0.39 is 17.1 Å². The molecule has 0 spiro atoms. The Morgan fingerprint density at radius 2 is 2.00 bits per heavy atom. The zero-order valence-electron chi connectivity index (χ0n) is 8.40. The molecular formula is C9H19NO3. The zero-order chi connectivity index (χ0) is 10.3. The molecule has 13 heavy (non-hydrogen) atoms. The first-order chi connectivity index (χ1) is 6.09. The molecule has 0 aromatic rings. The van der Waals surface area contributed by atoms with Crippen molar-refractivity contribution in [2.24, 2.45) is 0 Å². The molecule has 1 N–H and O–H groups in total. The summed E-state index contributed by atoms with van der Waals surface area (Å²) in [5.41, 5.74) is 0. The van der Waals surface area contributed by atoms with Crippen molar-refractivity contribution in [1.82, 2.24) is 0 Å². The van der Waals surface area contributed by atoms with Gasteiger partial charge >= 0.3 is 0 Å². The molecule has 2 unspecified atom stereocenters. The van der Waals surface area contributed by atoms with Crippen LogP contribution in [0.4, 0.5) is 0 Å². The molecule has 0 aromatic carbocycles. The molecule has 4 nitrogen and oxygen atoms in total. The van der Waals surface area contributed by atoms with Gasteiger partial charge in [-0.1, -0.05) is 32.6 Å². The summed E-state index contributed by atoms with van der Waals surface area (Å²) in [4.78, 5) is 9.85. The normalized spacial score (nSPS) is 15.3. The van der Waals surface area contributed by atoms with E-state index >= 15 is 0 Å². The van der Waals surface area contributed by atoms with Gasteiger partial charge in [-0.2, -0.15) is 0 Å². The number of hydrogen-bond donors (Lipinski definition) is 1. The lowest BCUT2D eigenvalue weighted by Crippen LogP contribution is -2.30. The van der Waals surface area contributed by atoms with E-state index in [1.165, 1.54) is 6.92 Å². The lowest BCUT2D eigenvalue weighted by Gasteiger charge is -2.11. The van der Waals surface area contributed by atoms with Crippen LogP contribution in [0.15, 0.2) is 0 Å². The molecule has 0 bridgehead atoms. The van der Waals surface area contributed by atoms with Crippen LogP contribution in [0.1, 0.15) is 46.0 Å². The maximum atomic E-state index is 10.3. The van der Waals surface area contributed by atoms with Gasteiger partial charge < -0.3 is 5.11 Å². The Morgan fingerprint density at radius 1 is 1.38 bits per heavy atom. The van der Waals surface area contributed by atoms with Crippen LogP contribution in [-0.4, -0.2) is 22.2 Å². The summed E-state index contributed by atoms with van der Waals surface area (Å²) in [6.07, 6.45) is 3.97. The third kappa shape index (κ3) is 5.58. The average Bonchev–Trinajstić information content (AvgIpc) is 2.10. The number of unbranched alkanes of at least 4 members (excludes halogenated alkanes) is 3. The van der Waals surface area contributed by atoms with Crippen molar-refractivity contribution in [1.29, 1.82) is 0 Å². The largest absolute Gasteiger partial charge is 0.386 e. The molecule has 0 saturated carbocycles. The first-order valence-electron chi connectivity index (χ1n) is 4.91. The van der Waals surface area contributed by atoms with Gasteiger partial charge in [-0.15, -0.1) is 0 Å². The van der Waals surface area contributed by atoms with Gasteiger partial charge in [0.1, 0.15) is 6.10 Å². The van der Waals surface area contributed by atoms with E-state index in [1.54, 1.807) is 0 Å². The first kappa shape index (κ1) is 12.4. The molecule has 0 saturated heterocycles. The number of nitrogens with zero attached hydrogens (tertiary/aromatic N) is 1. The number of aliphatic hydroxyl groups is 1. The van der Waals surface area contributed by atoms with Crippen molar-refractivity contribution in [3.05, 3.63) is 10.1 Å². The highest BCUT2D eigenvalue weighted by molar-refractivity contribution is 4.62. The fourth-order valence-electron chi connectivity index (χ4n) is 1.16. The topological polar surface area (TPSA) is 63.4 Å². The Morgan fingerprint density at radius 3 is 2.46 bits per heavy atom. The van der Waals surface area contributed by atoms with E-state index in [0.29, 0.717) is 6.42 Å². The van der Waals surface area contributed by atoms with Crippen molar-refractivity contribution in [2.75, 3.05) is 0 Å². The lowest BCUT2D eigenvalue weighted by atomic mass is 10.1. The fraction of sp³-hybridized carbons (Fsp3) is 1.00. The van der Waals surface area contributed by atoms with E-state index in [4.69, 9.17) is 0 Å². The SMILES string of the molecule is CCCCCCC(O)C(C)[N+](=O)[O-]. The third-order valence-electron chi connectivity index (χ3n) is 2.24. The second-order valence-corrected chi connectivity index (χ2v) is 3.44. The van der Waals surface area contributed by atoms with Gasteiger partial charge in [-0.3, -0.25) is 10.1 Å². The fourth-order valence-corrected chi connectivity index (χ4v) is 1.16. The minimum atomic E-state index is -0.832. The van der Waals surface area contributed by atoms with Crippen LogP contribution in [-0.2, 0) is 0 Å². The number of aliphatic hydroxyl groups excluding tert-OH is 1. The molecule has 0 aliphatic carbocycles. The second-order valence-electron chi connectivity index (χ2n) is 3.44. The molecule has 0 heterocycles. The van der Waals surface area contributed by atoms with Gasteiger partial charge in [-0.05, 0) is 6.42 Å². The summed E-state index contributed by atoms with van der Waals surface area (Å²) in [5, 5.41) is 19.6. The summed E-state index contributed by atoms with van der Waals surface area (Å²) in [6, 6.07) is -0.832. The minimum absolute atomic E-state index is 0.426. The van der Waals surface area contributed by atoms with Crippen molar-refractivity contribution in [3.8, 4) is 0 Å². The summed E-state index contributed by atoms with van der Waals surface area (Å²) in [5.74, 6) is 0. The lowest BCUT2D eigenvalue weighted by molar-refractivity contribution is -0.530. The van der Waals surface area contributed by atoms with E-state index in [-0.39, 0.29) is 0 Å². The standard InChI is InChI=1S/C9H19NO3/c1-3-4-5-6-7-9(11)8(2)10(12)13/h8-9,11H,3-7H2,1-2H3. The quantitative estimate of drug-likeness (QED) is 0.378. The molecule has 78 valence electrons. The van der Waals surface area contributed by atoms with Crippen LogP contribution in [0.25, 0.3) is 0 Å². The number of nitro groups is 1. The summed E-state index contributed by atoms with van der Waals surface area (Å²) in [7, 11) is 0. The Labute approximate surface area is 79.1 Å². The predicted octanol–water partition coefficient (Wildman–Crippen LogP) is 1.98. The predicted molar refractivity (Wildman–Crippen MR) is 51.2 cm³/mol. The highest BCUT2D eigenvalue weighted by Crippen LogP contribution is 2.09. The van der Waals surface area contributed by atoms with Crippen LogP contribution >= 0.6 is 0 Å². The Balaban J connectivity index is 3.50. The molecule has 0 aliphatic heterocycles. The molecule has 0 amide bonds. The highest BCUT2D eigenvalue weighted by Gasteiger charge is 2.22. The maximum absolute atomic E-state index is 10.3. The summed E-state index contributed by atoms with van der Waals surface area (Å²) < 4.78 is 0. The monoisotopic (exact) mass is 189 g/mol. The molecule has 0 aromatic heterocycles. The smallest absolute Gasteiger partial charge is 0.235 e. The van der Waals surface area contributed by atoms with E-state index in [2.05, 4.69) is 6.92 Å². The molecule has 0 aliphatic rings. The molecule has 0 fully saturated rings. The van der Waals surface area contributed by atoms with Crippen LogP contribution in [0.2, 0.25) is 0 Å². The van der Waals surface area contributed by atoms with Crippen LogP contribution < -0.4 is 0 Å². The average molecular weight is 189 g/mol. The minimum Gasteiger partial charge on any atom is -0.386 e. The Bertz CT molecular complexity index is 150. The zero-order valence-corrected chi connectivity index (χ0v) is 8.40. The van der Waals surface area contributed by atoms with Gasteiger partial charge in [0.25, 0.3) is 0 Å². The van der Waals surface area contributed by atoms with E-state index in [1.807, 2.05) is 0 Å². The maximum Gasteiger partial charge on any atom is 0.235 e. The molecule has 0 radical (unpaired) electrons. The van der Waals surface area contributed by atoms with Gasteiger partial charge in [-0.25, -0.2) is 0 Å². The molecular weight excluding hydrogens is 170 g/mol. The third-order valence-corrected chi connectivity index (χ3v) is 2.24. The Kier molecular flexibility index (Phi) is 6.49. The van der Waals surface area contributed by atoms with E-state index in [9.17, 15) is 15.2 Å². The second kappa shape index (κ2) is 6.83. The van der Waals surface area contributed by atoms with Crippen LogP contribution in [0.5, 0.6) is 0 Å². The summed E-state index contributed by atoms with van der Waals surface area (Å²) >= 11 is 0.